The van der Waals surface area contributed by atoms with Gasteiger partial charge in [-0.05, 0) is 18.2 Å². The minimum Gasteiger partial charge on any atom is -0.433 e. The van der Waals surface area contributed by atoms with Gasteiger partial charge in [0.05, 0.1) is 29.2 Å². The van der Waals surface area contributed by atoms with E-state index in [4.69, 9.17) is 21.4 Å². The van der Waals surface area contributed by atoms with Crippen molar-refractivity contribution < 1.29 is 31.8 Å². The lowest BCUT2D eigenvalue weighted by Crippen LogP contribution is -2.40. The molecule has 2 N–H and O–H groups in total. The van der Waals surface area contributed by atoms with Crippen LogP contribution in [0.3, 0.4) is 0 Å². The Morgan fingerprint density at radius 2 is 2.10 bits per heavy atom. The van der Waals surface area contributed by atoms with Gasteiger partial charge in [-0.25, -0.2) is 13.1 Å². The number of aliphatic hydroxyl groups is 1. The Bertz CT molecular complexity index is 570. The Hall–Kier alpha value is -1.00. The first-order chi connectivity index (χ1) is 9.80. The zero-order valence-electron chi connectivity index (χ0n) is 10.9. The van der Waals surface area contributed by atoms with Gasteiger partial charge < -0.3 is 14.6 Å². The molecule has 1 atom stereocenters. The molecule has 0 bridgehead atoms. The van der Waals surface area contributed by atoms with E-state index >= 15 is 0 Å². The van der Waals surface area contributed by atoms with E-state index in [1.165, 1.54) is 7.11 Å². The summed E-state index contributed by atoms with van der Waals surface area (Å²) in [7, 11) is -2.63. The molecule has 0 saturated carbocycles. The summed E-state index contributed by atoms with van der Waals surface area (Å²) in [5, 5.41) is 8.76. The van der Waals surface area contributed by atoms with Crippen molar-refractivity contribution in [3.05, 3.63) is 23.2 Å². The summed E-state index contributed by atoms with van der Waals surface area (Å²) in [4.78, 5) is -0.247. The lowest BCUT2D eigenvalue weighted by Gasteiger charge is -2.16. The molecule has 0 amide bonds. The van der Waals surface area contributed by atoms with Crippen LogP contribution in [0.5, 0.6) is 5.75 Å². The summed E-state index contributed by atoms with van der Waals surface area (Å²) in [6.07, 6.45) is 0. The Morgan fingerprint density at radius 1 is 1.43 bits per heavy atom. The lowest BCUT2D eigenvalue weighted by atomic mass is 10.3. The molecule has 0 aromatic heterocycles. The van der Waals surface area contributed by atoms with E-state index in [1.807, 2.05) is 0 Å². The molecule has 1 aromatic carbocycles. The van der Waals surface area contributed by atoms with Gasteiger partial charge in [-0.2, -0.15) is 8.78 Å². The van der Waals surface area contributed by atoms with Gasteiger partial charge >= 0.3 is 6.61 Å². The Balaban J connectivity index is 2.96. The highest BCUT2D eigenvalue weighted by atomic mass is 35.5. The fourth-order valence-corrected chi connectivity index (χ4v) is 2.98. The van der Waals surface area contributed by atoms with Crippen molar-refractivity contribution in [3.63, 3.8) is 0 Å². The second-order valence-corrected chi connectivity index (χ2v) is 6.05. The van der Waals surface area contributed by atoms with Crippen molar-refractivity contribution in [2.75, 3.05) is 20.3 Å². The molecule has 1 rings (SSSR count). The number of aliphatic hydroxyl groups excluding tert-OH is 1. The summed E-state index contributed by atoms with van der Waals surface area (Å²) in [5.41, 5.74) is 0. The predicted molar refractivity (Wildman–Crippen MR) is 71.2 cm³/mol. The third-order valence-corrected chi connectivity index (χ3v) is 4.15. The van der Waals surface area contributed by atoms with E-state index in [-0.39, 0.29) is 22.3 Å². The van der Waals surface area contributed by atoms with Gasteiger partial charge in [0.25, 0.3) is 0 Å². The predicted octanol–water partition coefficient (Wildman–Crippen LogP) is 1.23. The van der Waals surface area contributed by atoms with Gasteiger partial charge in [0.15, 0.2) is 0 Å². The van der Waals surface area contributed by atoms with Gasteiger partial charge in [-0.15, -0.1) is 0 Å². The highest BCUT2D eigenvalue weighted by molar-refractivity contribution is 7.89. The second kappa shape index (κ2) is 7.85. The first kappa shape index (κ1) is 18.1. The van der Waals surface area contributed by atoms with Gasteiger partial charge in [0.2, 0.25) is 10.0 Å². The van der Waals surface area contributed by atoms with E-state index in [9.17, 15) is 17.2 Å². The third kappa shape index (κ3) is 5.36. The summed E-state index contributed by atoms with van der Waals surface area (Å²) >= 11 is 5.69. The molecule has 0 saturated heterocycles. The molecule has 0 aliphatic carbocycles. The maximum absolute atomic E-state index is 12.1. The molecule has 1 aromatic rings. The SMILES string of the molecule is COCC(CO)NS(=O)(=O)c1ccc(OC(F)F)c(Cl)c1. The van der Waals surface area contributed by atoms with Crippen molar-refractivity contribution in [1.29, 1.82) is 0 Å². The van der Waals surface area contributed by atoms with Crippen LogP contribution in [0.15, 0.2) is 23.1 Å². The molecule has 6 nitrogen and oxygen atoms in total. The van der Waals surface area contributed by atoms with E-state index in [0.29, 0.717) is 0 Å². The Kier molecular flexibility index (Phi) is 6.75. The van der Waals surface area contributed by atoms with Gasteiger partial charge in [0, 0.05) is 7.11 Å². The van der Waals surface area contributed by atoms with Gasteiger partial charge in [0.1, 0.15) is 5.75 Å². The summed E-state index contributed by atoms with van der Waals surface area (Å²) < 4.78 is 59.3. The molecule has 0 spiro atoms. The smallest absolute Gasteiger partial charge is 0.387 e. The number of hydrogen-bond donors (Lipinski definition) is 2. The number of rotatable bonds is 8. The maximum atomic E-state index is 12.1. The first-order valence-corrected chi connectivity index (χ1v) is 7.52. The highest BCUT2D eigenvalue weighted by Gasteiger charge is 2.21. The Morgan fingerprint density at radius 3 is 2.57 bits per heavy atom. The van der Waals surface area contributed by atoms with Crippen LogP contribution >= 0.6 is 11.6 Å². The van der Waals surface area contributed by atoms with E-state index in [0.717, 1.165) is 18.2 Å². The number of hydrogen-bond acceptors (Lipinski definition) is 5. The minimum absolute atomic E-state index is 0.0317. The van der Waals surface area contributed by atoms with Crippen LogP contribution in [0.2, 0.25) is 5.02 Å². The van der Waals surface area contributed by atoms with Gasteiger partial charge in [-0.3, -0.25) is 0 Å². The number of halogens is 3. The van der Waals surface area contributed by atoms with Crippen LogP contribution in [0.4, 0.5) is 8.78 Å². The normalized spacial score (nSPS) is 13.4. The largest absolute Gasteiger partial charge is 0.433 e. The number of nitrogens with one attached hydrogen (secondary N) is 1. The van der Waals surface area contributed by atoms with Crippen LogP contribution in [0.25, 0.3) is 0 Å². The molecule has 1 unspecified atom stereocenters. The van der Waals surface area contributed by atoms with Crippen LogP contribution in [0.1, 0.15) is 0 Å². The number of sulfonamides is 1. The molecule has 10 heteroatoms. The second-order valence-electron chi connectivity index (χ2n) is 3.93. The van der Waals surface area contributed by atoms with Crippen molar-refractivity contribution >= 4 is 21.6 Å². The highest BCUT2D eigenvalue weighted by Crippen LogP contribution is 2.28. The average molecular weight is 346 g/mol. The zero-order valence-corrected chi connectivity index (χ0v) is 12.5. The molecule has 0 radical (unpaired) electrons. The van der Waals surface area contributed by atoms with Crippen molar-refractivity contribution in [2.45, 2.75) is 17.5 Å². The number of methoxy groups -OCH3 is 1. The maximum Gasteiger partial charge on any atom is 0.387 e. The fourth-order valence-electron chi connectivity index (χ4n) is 1.45. The standard InChI is InChI=1S/C11H14ClF2NO5S/c1-19-6-7(5-16)15-21(17,18)8-2-3-10(9(12)4-8)20-11(13)14/h2-4,7,11,15-16H,5-6H2,1H3. The summed E-state index contributed by atoms with van der Waals surface area (Å²) in [6, 6.07) is 2.22. The zero-order chi connectivity index (χ0) is 16.0. The molecule has 120 valence electrons. The molecular formula is C11H14ClF2NO5S. The molecule has 0 fully saturated rings. The molecule has 0 heterocycles. The fraction of sp³-hybridized carbons (Fsp3) is 0.455. The van der Waals surface area contributed by atoms with E-state index in [1.54, 1.807) is 0 Å². The van der Waals surface area contributed by atoms with Crippen LogP contribution < -0.4 is 9.46 Å². The minimum atomic E-state index is -3.98. The quantitative estimate of drug-likeness (QED) is 0.740. The third-order valence-electron chi connectivity index (χ3n) is 2.34. The monoisotopic (exact) mass is 345 g/mol. The average Bonchev–Trinajstić information content (AvgIpc) is 2.39. The van der Waals surface area contributed by atoms with E-state index in [2.05, 4.69) is 9.46 Å². The van der Waals surface area contributed by atoms with Gasteiger partial charge in [-0.1, -0.05) is 11.6 Å². The molecule has 0 aliphatic heterocycles. The summed E-state index contributed by atoms with van der Waals surface area (Å²) in [6.45, 7) is -3.56. The molecule has 0 aliphatic rings. The lowest BCUT2D eigenvalue weighted by molar-refractivity contribution is -0.0498. The van der Waals surface area contributed by atoms with E-state index < -0.39 is 29.3 Å². The number of alkyl halides is 2. The van der Waals surface area contributed by atoms with Crippen LogP contribution in [0, 0.1) is 0 Å². The van der Waals surface area contributed by atoms with Crippen LogP contribution in [-0.4, -0.2) is 46.5 Å². The Labute approximate surface area is 125 Å². The topological polar surface area (TPSA) is 84.9 Å². The summed E-state index contributed by atoms with van der Waals surface area (Å²) in [5.74, 6) is -0.332. The number of benzene rings is 1. The number of ether oxygens (including phenoxy) is 2. The first-order valence-electron chi connectivity index (χ1n) is 5.66. The van der Waals surface area contributed by atoms with Crippen molar-refractivity contribution in [1.82, 2.24) is 4.72 Å². The van der Waals surface area contributed by atoms with Crippen LogP contribution in [-0.2, 0) is 14.8 Å². The van der Waals surface area contributed by atoms with Crippen molar-refractivity contribution in [2.24, 2.45) is 0 Å². The van der Waals surface area contributed by atoms with Crippen molar-refractivity contribution in [3.8, 4) is 5.75 Å². The molecular weight excluding hydrogens is 332 g/mol. The molecule has 21 heavy (non-hydrogen) atoms.